The molecule has 0 radical (unpaired) electrons. The van der Waals surface area contributed by atoms with Gasteiger partial charge in [-0.25, -0.2) is 0 Å². The van der Waals surface area contributed by atoms with Crippen molar-refractivity contribution in [2.24, 2.45) is 0 Å². The fraction of sp³-hybridized carbons (Fsp3) is 0.477. The van der Waals surface area contributed by atoms with E-state index in [1.165, 1.54) is 22.3 Å². The molecule has 0 aromatic heterocycles. The van der Waals surface area contributed by atoms with Crippen molar-refractivity contribution in [3.05, 3.63) is 115 Å². The van der Waals surface area contributed by atoms with Crippen molar-refractivity contribution in [1.29, 1.82) is 0 Å². The van der Waals surface area contributed by atoms with Crippen molar-refractivity contribution in [2.45, 2.75) is 205 Å². The molecule has 0 saturated heterocycles. The Bertz CT molecular complexity index is 2840. The largest absolute Gasteiger partial charge is 0.541 e. The second kappa shape index (κ2) is 22.7. The molecule has 0 N–H and O–H groups in total. The maximum atomic E-state index is 7.11. The Labute approximate surface area is 450 Å². The molecule has 5 rings (SSSR count). The van der Waals surface area contributed by atoms with E-state index in [0.29, 0.717) is 0 Å². The molecule has 0 aliphatic heterocycles. The van der Waals surface area contributed by atoms with Crippen LogP contribution in [0.15, 0.2) is 48.5 Å². The van der Waals surface area contributed by atoms with Crippen LogP contribution in [0.3, 0.4) is 0 Å². The van der Waals surface area contributed by atoms with Gasteiger partial charge in [0.05, 0.1) is 0 Å². The van der Waals surface area contributed by atoms with Gasteiger partial charge in [-0.05, 0) is 185 Å². The van der Waals surface area contributed by atoms with Crippen molar-refractivity contribution in [2.75, 3.05) is 0 Å². The molecule has 0 heterocycles. The lowest BCUT2D eigenvalue weighted by molar-refractivity contribution is 0.440. The van der Waals surface area contributed by atoms with E-state index in [1.807, 2.05) is 13.8 Å². The Kier molecular flexibility index (Phi) is 19.3. The number of hydrogen-bond acceptors (Lipinski definition) is 4. The van der Waals surface area contributed by atoms with Crippen molar-refractivity contribution < 1.29 is 17.7 Å². The van der Waals surface area contributed by atoms with Gasteiger partial charge in [-0.2, -0.15) is 0 Å². The molecule has 4 aromatic carbocycles. The van der Waals surface area contributed by atoms with E-state index < -0.39 is 33.3 Å². The third-order valence-corrected chi connectivity index (χ3v) is 33.0. The Balaban J connectivity index is 0.000000807. The second-order valence-electron chi connectivity index (χ2n) is 25.6. The van der Waals surface area contributed by atoms with E-state index in [9.17, 15) is 0 Å². The first kappa shape index (κ1) is 62.0. The lowest BCUT2D eigenvalue weighted by atomic mass is 9.98. The summed E-state index contributed by atoms with van der Waals surface area (Å²) in [6, 6.07) is 16.8. The van der Waals surface area contributed by atoms with E-state index >= 15 is 0 Å². The molecule has 0 saturated carbocycles. The summed E-state index contributed by atoms with van der Waals surface area (Å²) in [7, 11) is -9.14. The third-order valence-electron chi connectivity index (χ3n) is 15.6. The maximum Gasteiger partial charge on any atom is 0.250 e. The average molecular weight is 1050 g/mol. The van der Waals surface area contributed by atoms with Crippen LogP contribution in [0.2, 0.25) is 72.5 Å². The Morgan fingerprint density at radius 3 is 0.685 bits per heavy atom. The molecule has 0 unspecified atom stereocenters. The molecule has 0 amide bonds. The van der Waals surface area contributed by atoms with Gasteiger partial charge >= 0.3 is 0 Å². The van der Waals surface area contributed by atoms with Crippen LogP contribution in [0.5, 0.6) is 23.0 Å². The van der Waals surface area contributed by atoms with Gasteiger partial charge in [0.25, 0.3) is 33.3 Å². The summed E-state index contributed by atoms with van der Waals surface area (Å²) in [5.41, 5.74) is 11.8. The minimum atomic E-state index is -2.29. The molecule has 4 nitrogen and oxygen atoms in total. The first-order valence-corrected chi connectivity index (χ1v) is 37.1. The van der Waals surface area contributed by atoms with E-state index in [1.54, 1.807) is 0 Å². The van der Waals surface area contributed by atoms with Crippen molar-refractivity contribution >= 4 is 33.3 Å². The van der Waals surface area contributed by atoms with Gasteiger partial charge in [0.2, 0.25) is 0 Å². The molecular formula is C65H90O4Si4. The van der Waals surface area contributed by atoms with Crippen LogP contribution in [0, 0.1) is 86.9 Å². The van der Waals surface area contributed by atoms with Gasteiger partial charge in [-0.15, -0.1) is 11.8 Å². The van der Waals surface area contributed by atoms with Gasteiger partial charge in [-0.1, -0.05) is 138 Å². The van der Waals surface area contributed by atoms with Crippen molar-refractivity contribution in [3.63, 3.8) is 0 Å². The molecule has 1 aliphatic carbocycles. The zero-order valence-electron chi connectivity index (χ0n) is 49.3. The highest BCUT2D eigenvalue weighted by atomic mass is 28.4. The third kappa shape index (κ3) is 15.2. The van der Waals surface area contributed by atoms with E-state index in [2.05, 4.69) is 271 Å². The molecule has 8 heteroatoms. The molecule has 73 heavy (non-hydrogen) atoms. The monoisotopic (exact) mass is 1050 g/mol. The Hall–Kier alpha value is -5.25. The van der Waals surface area contributed by atoms with Crippen LogP contribution in [0.1, 0.15) is 171 Å². The number of benzene rings is 4. The highest BCUT2D eigenvalue weighted by molar-refractivity contribution is 6.76. The number of rotatable bonds is 8. The lowest BCUT2D eigenvalue weighted by Gasteiger charge is -2.40. The lowest BCUT2D eigenvalue weighted by Crippen LogP contribution is -2.45. The summed E-state index contributed by atoms with van der Waals surface area (Å²) in [6.07, 6.45) is 0. The minimum Gasteiger partial charge on any atom is -0.541 e. The van der Waals surface area contributed by atoms with E-state index in [-0.39, 0.29) is 27.6 Å². The van der Waals surface area contributed by atoms with Gasteiger partial charge < -0.3 is 17.7 Å². The average Bonchev–Trinajstić information content (AvgIpc) is 3.21. The fourth-order valence-electron chi connectivity index (χ4n) is 6.28. The summed E-state index contributed by atoms with van der Waals surface area (Å²) in [5, 5.41) is -0.0809. The molecule has 0 fully saturated rings. The summed E-state index contributed by atoms with van der Waals surface area (Å²) < 4.78 is 28.4. The SMILES string of the molecule is C.CC#Cc1cc(C)c(C)cc1C#CC.Cc1cc2c(cc1C)C#Cc1cc(O[Si](C)(C)C(C)(C)C)c(O[Si](C)(C)C(C)(C)C)cc1C#Cc1cc(O[Si](C)(C)C(C)(C)C)c(O[Si](C)(C)C(C)(C)C)cc1C#C2. The van der Waals surface area contributed by atoms with Crippen molar-refractivity contribution in [1.82, 2.24) is 0 Å². The van der Waals surface area contributed by atoms with Gasteiger partial charge in [-0.3, -0.25) is 0 Å². The highest BCUT2D eigenvalue weighted by Crippen LogP contribution is 2.46. The molecular weight excluding hydrogens is 957 g/mol. The van der Waals surface area contributed by atoms with Crippen LogP contribution >= 0.6 is 0 Å². The Morgan fingerprint density at radius 1 is 0.329 bits per heavy atom. The first-order valence-electron chi connectivity index (χ1n) is 25.5. The maximum absolute atomic E-state index is 7.11. The Morgan fingerprint density at radius 2 is 0.507 bits per heavy atom. The van der Waals surface area contributed by atoms with Gasteiger partial charge in [0.1, 0.15) is 23.0 Å². The quantitative estimate of drug-likeness (QED) is 0.115. The molecule has 390 valence electrons. The summed E-state index contributed by atoms with van der Waals surface area (Å²) in [5.74, 6) is 36.2. The number of aryl methyl sites for hydroxylation is 4. The van der Waals surface area contributed by atoms with Gasteiger partial charge in [0, 0.05) is 44.5 Å². The molecule has 4 aromatic rings. The topological polar surface area (TPSA) is 36.9 Å². The van der Waals surface area contributed by atoms with E-state index in [0.717, 1.165) is 67.5 Å². The molecule has 0 bridgehead atoms. The van der Waals surface area contributed by atoms with Crippen LogP contribution < -0.4 is 17.7 Å². The normalized spacial score (nSPS) is 12.5. The zero-order valence-corrected chi connectivity index (χ0v) is 53.3. The summed E-state index contributed by atoms with van der Waals surface area (Å²) in [6.45, 7) is 57.5. The second-order valence-corrected chi connectivity index (χ2v) is 44.5. The fourth-order valence-corrected chi connectivity index (χ4v) is 10.3. The standard InChI is InChI=1S/C50H72O4Si4.C14H14.CH4/c1-35-29-37-23-25-39-31-43(51-55(15,16)47(3,4)5)45(53-57(19,20)49(9,10)11)33-41(39)27-28-42-34-46(54-58(21,22)50(12,13)14)44(52-56(17,18)48(6,7)8)32-40(42)26-24-38(37)30-36(35)2;1-5-7-13-9-11(3)12(4)10-14(13)8-6-2;/h29-34H,1-22H3;9-10H,1-4H3;1H4. The van der Waals surface area contributed by atoms with E-state index in [4.69, 9.17) is 17.7 Å². The predicted octanol–water partition coefficient (Wildman–Crippen LogP) is 18.0. The predicted molar refractivity (Wildman–Crippen MR) is 326 cm³/mol. The van der Waals surface area contributed by atoms with Crippen molar-refractivity contribution in [3.8, 4) is 82.2 Å². The van der Waals surface area contributed by atoms with Gasteiger partial charge in [0.15, 0.2) is 0 Å². The number of hydrogen-bond donors (Lipinski definition) is 0. The van der Waals surface area contributed by atoms with Crippen LogP contribution in [0.4, 0.5) is 0 Å². The van der Waals surface area contributed by atoms with Crippen LogP contribution in [-0.4, -0.2) is 33.3 Å². The smallest absolute Gasteiger partial charge is 0.250 e. The molecule has 0 spiro atoms. The van der Waals surface area contributed by atoms with Crippen LogP contribution in [0.25, 0.3) is 0 Å². The molecule has 1 aliphatic rings. The summed E-state index contributed by atoms with van der Waals surface area (Å²) in [4.78, 5) is 0. The minimum absolute atomic E-state index is 0. The molecule has 0 atom stereocenters. The number of fused-ring (bicyclic) bond motifs is 3. The summed E-state index contributed by atoms with van der Waals surface area (Å²) >= 11 is 0. The van der Waals surface area contributed by atoms with Crippen LogP contribution in [-0.2, 0) is 0 Å². The highest BCUT2D eigenvalue weighted by Gasteiger charge is 2.44. The zero-order chi connectivity index (χ0) is 54.8. The first-order chi connectivity index (χ1) is 32.7.